The van der Waals surface area contributed by atoms with Crippen LogP contribution in [0, 0.1) is 12.8 Å². The number of benzene rings is 2. The summed E-state index contributed by atoms with van der Waals surface area (Å²) in [4.78, 5) is 38.3. The summed E-state index contributed by atoms with van der Waals surface area (Å²) < 4.78 is 5.50. The molecule has 52 heavy (non-hydrogen) atoms. The molecule has 10 heteroatoms. The summed E-state index contributed by atoms with van der Waals surface area (Å²) in [5.74, 6) is 0.430. The number of rotatable bonds is 18. The van der Waals surface area contributed by atoms with E-state index < -0.39 is 5.41 Å². The van der Waals surface area contributed by atoms with Gasteiger partial charge >= 0.3 is 0 Å². The van der Waals surface area contributed by atoms with E-state index in [1.807, 2.05) is 107 Å². The Balaban J connectivity index is 0.000000406. The predicted molar refractivity (Wildman–Crippen MR) is 213 cm³/mol. The normalized spacial score (nSPS) is 14.7. The van der Waals surface area contributed by atoms with Crippen molar-refractivity contribution < 1.29 is 24.2 Å². The number of carbonyl (C=O) groups is 3. The lowest BCUT2D eigenvalue weighted by Crippen LogP contribution is -2.31. The maximum Gasteiger partial charge on any atom is 0.251 e. The van der Waals surface area contributed by atoms with E-state index in [0.29, 0.717) is 30.3 Å². The van der Waals surface area contributed by atoms with E-state index in [1.165, 1.54) is 19.8 Å². The zero-order valence-corrected chi connectivity index (χ0v) is 32.5. The van der Waals surface area contributed by atoms with Gasteiger partial charge in [-0.05, 0) is 118 Å². The van der Waals surface area contributed by atoms with Crippen LogP contribution in [0.1, 0.15) is 72.5 Å². The molecule has 2 atom stereocenters. The summed E-state index contributed by atoms with van der Waals surface area (Å²) in [7, 11) is 3.74. The van der Waals surface area contributed by atoms with Crippen molar-refractivity contribution in [3.05, 3.63) is 117 Å². The average molecular weight is 729 g/mol. The lowest BCUT2D eigenvalue weighted by atomic mass is 9.82. The number of hydrogen-bond donors (Lipinski definition) is 4. The Morgan fingerprint density at radius 3 is 2.44 bits per heavy atom. The second kappa shape index (κ2) is 21.1. The van der Waals surface area contributed by atoms with Crippen LogP contribution in [0.4, 0.5) is 5.69 Å². The van der Waals surface area contributed by atoms with Crippen LogP contribution >= 0.6 is 11.3 Å². The van der Waals surface area contributed by atoms with Gasteiger partial charge < -0.3 is 35.5 Å². The Bertz CT molecular complexity index is 1680. The molecule has 2 amide bonds. The number of methoxy groups -OCH3 is 1. The highest BCUT2D eigenvalue weighted by Crippen LogP contribution is 2.35. The van der Waals surface area contributed by atoms with E-state index in [-0.39, 0.29) is 23.7 Å². The van der Waals surface area contributed by atoms with Gasteiger partial charge in [0.25, 0.3) is 5.91 Å². The van der Waals surface area contributed by atoms with Crippen LogP contribution in [-0.2, 0) is 32.7 Å². The minimum atomic E-state index is -0.478. The topological polar surface area (TPSA) is 120 Å². The lowest BCUT2D eigenvalue weighted by Gasteiger charge is -2.22. The molecule has 2 unspecified atom stereocenters. The van der Waals surface area contributed by atoms with E-state index in [1.54, 1.807) is 24.5 Å². The maximum atomic E-state index is 12.5. The maximum absolute atomic E-state index is 12.5. The molecule has 0 radical (unpaired) electrons. The molecule has 1 aromatic heterocycles. The molecule has 0 spiro atoms. The number of aromatic hydroxyl groups is 1. The fraction of sp³-hybridized carbons (Fsp3) is 0.405. The van der Waals surface area contributed by atoms with Crippen molar-refractivity contribution in [1.82, 2.24) is 15.5 Å². The van der Waals surface area contributed by atoms with Crippen molar-refractivity contribution in [3.63, 3.8) is 0 Å². The molecule has 1 aliphatic rings. The number of hydrogen-bond acceptors (Lipinski definition) is 8. The minimum absolute atomic E-state index is 0.0708. The zero-order valence-electron chi connectivity index (χ0n) is 31.7. The molecule has 4 N–H and O–H groups in total. The number of aldehydes is 1. The minimum Gasteiger partial charge on any atom is -0.506 e. The lowest BCUT2D eigenvalue weighted by molar-refractivity contribution is -0.114. The SMILES string of the molecule is C/C=C\C=C(/C)C(C)(C=O)c1cccs1.COC(/C=C/N(C)CCNC(=O)c1ccc(CNCCc2ccc(O)c(NC(C)=O)c2C)cc1)C1CC1. The summed E-state index contributed by atoms with van der Waals surface area (Å²) in [6.07, 6.45) is 14.5. The standard InChI is InChI=1S/C29H40N4O4.C13H16OS/c1-20-23(11-12-26(35)28(20)32-21(2)34)13-15-30-19-22-5-7-25(8-6-22)29(36)31-16-18-33(3)17-14-27(37-4)24-9-10-24;1-4-5-7-11(2)13(3,10-14)12-8-6-9-15-12/h5-8,11-12,14,17,24,27,30,35H,9-10,13,15-16,18-19H2,1-4H3,(H,31,36)(H,32,34);4-10H,1-3H3/b17-14+;5-4-,11-7+. The zero-order chi connectivity index (χ0) is 38.1. The van der Waals surface area contributed by atoms with Crippen LogP contribution in [0.5, 0.6) is 5.75 Å². The van der Waals surface area contributed by atoms with Crippen LogP contribution in [0.2, 0.25) is 0 Å². The van der Waals surface area contributed by atoms with Crippen LogP contribution in [0.3, 0.4) is 0 Å². The van der Waals surface area contributed by atoms with Gasteiger partial charge in [0, 0.05) is 51.2 Å². The quantitative estimate of drug-likeness (QED) is 0.0469. The van der Waals surface area contributed by atoms with E-state index >= 15 is 0 Å². The first kappa shape index (κ1) is 41.9. The number of amides is 2. The molecule has 0 aliphatic heterocycles. The predicted octanol–water partition coefficient (Wildman–Crippen LogP) is 7.32. The molecule has 1 fully saturated rings. The molecule has 0 saturated heterocycles. The number of anilines is 1. The first-order valence-corrected chi connectivity index (χ1v) is 18.7. The van der Waals surface area contributed by atoms with Crippen molar-refractivity contribution in [3.8, 4) is 5.75 Å². The molecule has 2 aromatic carbocycles. The van der Waals surface area contributed by atoms with Gasteiger partial charge in [-0.2, -0.15) is 0 Å². The fourth-order valence-corrected chi connectivity index (χ4v) is 6.43. The summed E-state index contributed by atoms with van der Waals surface area (Å²) in [6, 6.07) is 15.1. The molecule has 1 aliphatic carbocycles. The monoisotopic (exact) mass is 728 g/mol. The molecule has 0 bridgehead atoms. The van der Waals surface area contributed by atoms with Crippen molar-refractivity contribution in [2.24, 2.45) is 5.92 Å². The van der Waals surface area contributed by atoms with E-state index in [0.717, 1.165) is 52.9 Å². The number of nitrogens with one attached hydrogen (secondary N) is 3. The van der Waals surface area contributed by atoms with E-state index in [9.17, 15) is 19.5 Å². The molecule has 1 heterocycles. The molecule has 4 rings (SSSR count). The highest BCUT2D eigenvalue weighted by molar-refractivity contribution is 7.10. The Hall–Kier alpha value is -4.51. The number of nitrogens with zero attached hydrogens (tertiary/aromatic N) is 1. The Labute approximate surface area is 313 Å². The molecular formula is C42H56N4O5S. The van der Waals surface area contributed by atoms with Crippen LogP contribution in [-0.4, -0.2) is 68.0 Å². The number of phenols is 1. The molecule has 280 valence electrons. The van der Waals surface area contributed by atoms with Crippen LogP contribution < -0.4 is 16.0 Å². The number of thiophene rings is 1. The number of carbonyl (C=O) groups excluding carboxylic acids is 3. The van der Waals surface area contributed by atoms with Crippen molar-refractivity contribution in [2.45, 2.75) is 71.9 Å². The third-order valence-electron chi connectivity index (χ3n) is 9.24. The van der Waals surface area contributed by atoms with E-state index in [4.69, 9.17) is 4.74 Å². The third kappa shape index (κ3) is 12.9. The second-order valence-electron chi connectivity index (χ2n) is 13.3. The third-order valence-corrected chi connectivity index (χ3v) is 10.3. The van der Waals surface area contributed by atoms with Gasteiger partial charge in [-0.15, -0.1) is 11.3 Å². The second-order valence-corrected chi connectivity index (χ2v) is 14.3. The van der Waals surface area contributed by atoms with Gasteiger partial charge in [0.15, 0.2) is 0 Å². The van der Waals surface area contributed by atoms with Gasteiger partial charge in [0.2, 0.25) is 5.91 Å². The number of likely N-dealkylation sites (N-methyl/N-ethyl adjacent to an activating group) is 1. The largest absolute Gasteiger partial charge is 0.506 e. The van der Waals surface area contributed by atoms with E-state index in [2.05, 4.69) is 26.9 Å². The van der Waals surface area contributed by atoms with Gasteiger partial charge in [0.05, 0.1) is 17.2 Å². The van der Waals surface area contributed by atoms with Gasteiger partial charge in [-0.3, -0.25) is 9.59 Å². The highest BCUT2D eigenvalue weighted by atomic mass is 32.1. The number of phenolic OH excluding ortho intramolecular Hbond substituents is 1. The first-order valence-electron chi connectivity index (χ1n) is 17.8. The summed E-state index contributed by atoms with van der Waals surface area (Å²) >= 11 is 1.62. The van der Waals surface area contributed by atoms with Crippen molar-refractivity contribution in [2.75, 3.05) is 39.1 Å². The van der Waals surface area contributed by atoms with Crippen molar-refractivity contribution in [1.29, 1.82) is 0 Å². The van der Waals surface area contributed by atoms with Crippen LogP contribution in [0.25, 0.3) is 0 Å². The van der Waals surface area contributed by atoms with Gasteiger partial charge in [-0.1, -0.05) is 48.1 Å². The first-order chi connectivity index (χ1) is 24.9. The summed E-state index contributed by atoms with van der Waals surface area (Å²) in [5, 5.41) is 21.1. The average Bonchev–Trinajstić information content (AvgIpc) is 3.82. The molecule has 1 saturated carbocycles. The Morgan fingerprint density at radius 2 is 1.85 bits per heavy atom. The number of ether oxygens (including phenoxy) is 1. The van der Waals surface area contributed by atoms with Gasteiger partial charge in [-0.25, -0.2) is 0 Å². The smallest absolute Gasteiger partial charge is 0.251 e. The summed E-state index contributed by atoms with van der Waals surface area (Å²) in [5.41, 5.74) is 4.71. The molecular weight excluding hydrogens is 673 g/mol. The van der Waals surface area contributed by atoms with Crippen LogP contribution in [0.15, 0.2) is 90.0 Å². The highest BCUT2D eigenvalue weighted by Gasteiger charge is 2.30. The fourth-order valence-electron chi connectivity index (χ4n) is 5.52. The van der Waals surface area contributed by atoms with Crippen molar-refractivity contribution >= 4 is 35.1 Å². The summed E-state index contributed by atoms with van der Waals surface area (Å²) in [6.45, 7) is 11.9. The number of allylic oxidation sites excluding steroid dienone is 4. The Kier molecular flexibility index (Phi) is 17.0. The van der Waals surface area contributed by atoms with Gasteiger partial charge in [0.1, 0.15) is 12.0 Å². The Morgan fingerprint density at radius 1 is 1.12 bits per heavy atom. The molecule has 3 aromatic rings. The molecule has 9 nitrogen and oxygen atoms in total.